The van der Waals surface area contributed by atoms with Gasteiger partial charge in [0.05, 0.1) is 0 Å². The first kappa shape index (κ1) is 23.6. The number of nitrogens with one attached hydrogen (secondary N) is 2. The van der Waals surface area contributed by atoms with Gasteiger partial charge in [0.1, 0.15) is 11.5 Å². The van der Waals surface area contributed by atoms with Gasteiger partial charge in [-0.05, 0) is 47.5 Å². The molecule has 0 unspecified atom stereocenters. The summed E-state index contributed by atoms with van der Waals surface area (Å²) in [6.45, 7) is 0.879. The first-order valence-electron chi connectivity index (χ1n) is 11.2. The Morgan fingerprint density at radius 1 is 0.571 bits per heavy atom. The van der Waals surface area contributed by atoms with E-state index in [4.69, 9.17) is 9.31 Å². The molecule has 0 bridgehead atoms. The summed E-state index contributed by atoms with van der Waals surface area (Å²) in [5.41, 5.74) is 2.99. The molecule has 0 fully saturated rings. The Bertz CT molecular complexity index is 1170. The number of carbonyl (C=O) groups excluding carboxylic acids is 2. The SMILES string of the molecule is O=C(NCc1ccccc1)c1cccc(O[B]Oc2cccc(C(=O)NCc3ccccc3)c2)c1. The quantitative estimate of drug-likeness (QED) is 0.339. The lowest BCUT2D eigenvalue weighted by molar-refractivity contribution is 0.0942. The fraction of sp³-hybridized carbons (Fsp3) is 0.0714. The summed E-state index contributed by atoms with van der Waals surface area (Å²) in [6.07, 6.45) is 0. The number of carbonyl (C=O) groups is 2. The molecule has 0 aliphatic carbocycles. The number of rotatable bonds is 10. The van der Waals surface area contributed by atoms with E-state index in [0.29, 0.717) is 35.7 Å². The molecule has 4 aromatic rings. The van der Waals surface area contributed by atoms with Crippen LogP contribution in [0.3, 0.4) is 0 Å². The van der Waals surface area contributed by atoms with E-state index in [1.54, 1.807) is 48.5 Å². The monoisotopic (exact) mass is 463 g/mol. The zero-order valence-electron chi connectivity index (χ0n) is 19.0. The molecular weight excluding hydrogens is 439 g/mol. The van der Waals surface area contributed by atoms with Crippen LogP contribution in [-0.2, 0) is 13.1 Å². The summed E-state index contributed by atoms with van der Waals surface area (Å²) in [6, 6.07) is 33.0. The summed E-state index contributed by atoms with van der Waals surface area (Å²) >= 11 is 0. The largest absolute Gasteiger partial charge is 0.658 e. The highest BCUT2D eigenvalue weighted by atomic mass is 16.6. The van der Waals surface area contributed by atoms with Crippen LogP contribution < -0.4 is 19.9 Å². The number of hydrogen-bond acceptors (Lipinski definition) is 4. The zero-order valence-corrected chi connectivity index (χ0v) is 19.0. The molecule has 0 saturated heterocycles. The van der Waals surface area contributed by atoms with Crippen molar-refractivity contribution in [3.63, 3.8) is 0 Å². The zero-order chi connectivity index (χ0) is 24.3. The molecule has 2 N–H and O–H groups in total. The van der Waals surface area contributed by atoms with E-state index < -0.39 is 0 Å². The third-order valence-electron chi connectivity index (χ3n) is 5.15. The minimum Gasteiger partial charge on any atom is -0.526 e. The molecule has 2 amide bonds. The summed E-state index contributed by atoms with van der Waals surface area (Å²) in [4.78, 5) is 24.9. The van der Waals surface area contributed by atoms with E-state index in [2.05, 4.69) is 10.6 Å². The van der Waals surface area contributed by atoms with Gasteiger partial charge in [-0.25, -0.2) is 0 Å². The molecule has 0 aromatic heterocycles. The van der Waals surface area contributed by atoms with Crippen LogP contribution in [0.2, 0.25) is 0 Å². The van der Waals surface area contributed by atoms with Crippen LogP contribution >= 0.6 is 0 Å². The normalized spacial score (nSPS) is 10.2. The Labute approximate surface area is 205 Å². The maximum Gasteiger partial charge on any atom is 0.658 e. The summed E-state index contributed by atoms with van der Waals surface area (Å²) in [5.74, 6) is 0.507. The molecule has 4 rings (SSSR count). The molecule has 0 atom stereocenters. The Kier molecular flexibility index (Phi) is 8.16. The van der Waals surface area contributed by atoms with Crippen molar-refractivity contribution in [1.29, 1.82) is 0 Å². The maximum absolute atomic E-state index is 12.5. The van der Waals surface area contributed by atoms with Gasteiger partial charge in [0, 0.05) is 24.2 Å². The molecule has 173 valence electrons. The van der Waals surface area contributed by atoms with Gasteiger partial charge in [0.25, 0.3) is 11.8 Å². The van der Waals surface area contributed by atoms with Crippen molar-refractivity contribution in [2.75, 3.05) is 0 Å². The van der Waals surface area contributed by atoms with Crippen LogP contribution in [0.15, 0.2) is 109 Å². The van der Waals surface area contributed by atoms with Crippen LogP contribution in [0, 0.1) is 0 Å². The second-order valence-electron chi connectivity index (χ2n) is 7.72. The van der Waals surface area contributed by atoms with Crippen molar-refractivity contribution in [3.8, 4) is 11.5 Å². The van der Waals surface area contributed by atoms with Crippen LogP contribution in [-0.4, -0.2) is 19.5 Å². The average Bonchev–Trinajstić information content (AvgIpc) is 2.92. The van der Waals surface area contributed by atoms with Crippen molar-refractivity contribution in [1.82, 2.24) is 10.6 Å². The highest BCUT2D eigenvalue weighted by Gasteiger charge is 2.10. The molecule has 0 heterocycles. The fourth-order valence-electron chi connectivity index (χ4n) is 3.32. The predicted molar refractivity (Wildman–Crippen MR) is 135 cm³/mol. The van der Waals surface area contributed by atoms with Gasteiger partial charge >= 0.3 is 7.69 Å². The molecule has 0 saturated carbocycles. The highest BCUT2D eigenvalue weighted by molar-refractivity contribution is 6.20. The fourth-order valence-corrected chi connectivity index (χ4v) is 3.32. The predicted octanol–water partition coefficient (Wildman–Crippen LogP) is 4.54. The van der Waals surface area contributed by atoms with Crippen LogP contribution in [0.5, 0.6) is 11.5 Å². The second kappa shape index (κ2) is 12.1. The molecule has 6 nitrogen and oxygen atoms in total. The Morgan fingerprint density at radius 2 is 1.00 bits per heavy atom. The highest BCUT2D eigenvalue weighted by Crippen LogP contribution is 2.16. The van der Waals surface area contributed by atoms with Crippen molar-refractivity contribution < 1.29 is 18.9 Å². The van der Waals surface area contributed by atoms with E-state index >= 15 is 0 Å². The van der Waals surface area contributed by atoms with E-state index in [1.165, 1.54) is 7.69 Å². The van der Waals surface area contributed by atoms with Crippen molar-refractivity contribution in [2.24, 2.45) is 0 Å². The minimum atomic E-state index is -0.200. The first-order valence-corrected chi connectivity index (χ1v) is 11.2. The van der Waals surface area contributed by atoms with E-state index in [0.717, 1.165) is 11.1 Å². The Hall–Kier alpha value is -4.52. The van der Waals surface area contributed by atoms with Crippen molar-refractivity contribution in [3.05, 3.63) is 131 Å². The average molecular weight is 463 g/mol. The minimum absolute atomic E-state index is 0.200. The lowest BCUT2D eigenvalue weighted by atomic mass is 10.1. The Balaban J connectivity index is 1.26. The van der Waals surface area contributed by atoms with Crippen LogP contribution in [0.1, 0.15) is 31.8 Å². The van der Waals surface area contributed by atoms with Gasteiger partial charge in [-0.1, -0.05) is 72.8 Å². The molecular formula is C28H24BN2O4. The Morgan fingerprint density at radius 3 is 1.43 bits per heavy atom. The van der Waals surface area contributed by atoms with Gasteiger partial charge in [0.15, 0.2) is 0 Å². The first-order chi connectivity index (χ1) is 17.2. The lowest BCUT2D eigenvalue weighted by Gasteiger charge is -2.10. The van der Waals surface area contributed by atoms with Gasteiger partial charge in [0.2, 0.25) is 0 Å². The standard InChI is InChI=1S/C28H24BN2O4/c32-27(30-19-21-9-3-1-4-10-21)23-13-7-15-25(17-23)34-29-35-26-16-8-14-24(18-26)28(33)31-20-22-11-5-2-6-12-22/h1-18H,19-20H2,(H,30,32)(H,31,33). The molecule has 4 aromatic carbocycles. The smallest absolute Gasteiger partial charge is 0.526 e. The molecule has 0 aliphatic rings. The summed E-state index contributed by atoms with van der Waals surface area (Å²) in [7, 11) is 1.17. The van der Waals surface area contributed by atoms with Crippen molar-refractivity contribution >= 4 is 19.5 Å². The molecule has 1 radical (unpaired) electrons. The topological polar surface area (TPSA) is 76.7 Å². The van der Waals surface area contributed by atoms with Gasteiger partial charge in [-0.2, -0.15) is 0 Å². The molecule has 35 heavy (non-hydrogen) atoms. The molecule has 7 heteroatoms. The summed E-state index contributed by atoms with van der Waals surface area (Å²) < 4.78 is 11.1. The molecule has 0 aliphatic heterocycles. The maximum atomic E-state index is 12.5. The van der Waals surface area contributed by atoms with E-state index in [9.17, 15) is 9.59 Å². The lowest BCUT2D eigenvalue weighted by Crippen LogP contribution is -2.23. The molecule has 0 spiro atoms. The van der Waals surface area contributed by atoms with Gasteiger partial charge in [-0.15, -0.1) is 0 Å². The van der Waals surface area contributed by atoms with Gasteiger partial charge < -0.3 is 19.9 Å². The third-order valence-corrected chi connectivity index (χ3v) is 5.15. The second-order valence-corrected chi connectivity index (χ2v) is 7.72. The third kappa shape index (κ3) is 7.24. The van der Waals surface area contributed by atoms with Crippen LogP contribution in [0.4, 0.5) is 0 Å². The van der Waals surface area contributed by atoms with Gasteiger partial charge in [-0.3, -0.25) is 9.59 Å². The summed E-state index contributed by atoms with van der Waals surface area (Å²) in [5, 5.41) is 5.78. The van der Waals surface area contributed by atoms with E-state index in [-0.39, 0.29) is 11.8 Å². The van der Waals surface area contributed by atoms with E-state index in [1.807, 2.05) is 60.7 Å². The van der Waals surface area contributed by atoms with Crippen molar-refractivity contribution in [2.45, 2.75) is 13.1 Å². The number of benzene rings is 4. The number of hydrogen-bond donors (Lipinski definition) is 2. The number of amides is 2. The van der Waals surface area contributed by atoms with Crippen LogP contribution in [0.25, 0.3) is 0 Å².